The van der Waals surface area contributed by atoms with Crippen molar-refractivity contribution in [2.75, 3.05) is 30.3 Å². The third-order valence-corrected chi connectivity index (χ3v) is 3.76. The molecule has 2 rings (SSSR count). The summed E-state index contributed by atoms with van der Waals surface area (Å²) in [6, 6.07) is 14.7. The Morgan fingerprint density at radius 3 is 2.61 bits per heavy atom. The first kappa shape index (κ1) is 17.2. The van der Waals surface area contributed by atoms with Gasteiger partial charge in [0.15, 0.2) is 0 Å². The van der Waals surface area contributed by atoms with Crippen molar-refractivity contribution in [1.82, 2.24) is 0 Å². The second kappa shape index (κ2) is 9.09. The molecule has 0 aliphatic carbocycles. The number of benzene rings is 2. The summed E-state index contributed by atoms with van der Waals surface area (Å²) in [5, 5.41) is 6.92. The van der Waals surface area contributed by atoms with Crippen LogP contribution in [-0.4, -0.2) is 19.7 Å². The Balaban J connectivity index is 1.77. The molecule has 3 heteroatoms. The zero-order chi connectivity index (χ0) is 16.5. The Bertz CT molecular complexity index is 610. The molecular formula is C20H28N2O. The minimum Gasteiger partial charge on any atom is -0.494 e. The zero-order valence-corrected chi connectivity index (χ0v) is 14.5. The molecule has 0 fully saturated rings. The normalized spacial score (nSPS) is 10.4. The van der Waals surface area contributed by atoms with E-state index in [2.05, 4.69) is 61.7 Å². The summed E-state index contributed by atoms with van der Waals surface area (Å²) in [4.78, 5) is 0. The van der Waals surface area contributed by atoms with Gasteiger partial charge in [0, 0.05) is 30.5 Å². The number of unbranched alkanes of at least 4 members (excludes halogenated alkanes) is 1. The Kier molecular flexibility index (Phi) is 6.79. The molecule has 0 aliphatic rings. The van der Waals surface area contributed by atoms with Gasteiger partial charge in [0.1, 0.15) is 5.75 Å². The zero-order valence-electron chi connectivity index (χ0n) is 14.5. The van der Waals surface area contributed by atoms with Crippen LogP contribution in [0.15, 0.2) is 42.5 Å². The molecule has 2 aromatic rings. The van der Waals surface area contributed by atoms with Crippen LogP contribution in [0.3, 0.4) is 0 Å². The average Bonchev–Trinajstić information content (AvgIpc) is 2.55. The molecule has 23 heavy (non-hydrogen) atoms. The van der Waals surface area contributed by atoms with Crippen LogP contribution in [0.5, 0.6) is 5.75 Å². The van der Waals surface area contributed by atoms with E-state index in [4.69, 9.17) is 4.74 Å². The fourth-order valence-electron chi connectivity index (χ4n) is 2.36. The van der Waals surface area contributed by atoms with Crippen LogP contribution in [0, 0.1) is 13.8 Å². The van der Waals surface area contributed by atoms with Gasteiger partial charge in [-0.1, -0.05) is 31.5 Å². The van der Waals surface area contributed by atoms with Crippen LogP contribution in [0.4, 0.5) is 11.4 Å². The van der Waals surface area contributed by atoms with Crippen molar-refractivity contribution in [1.29, 1.82) is 0 Å². The van der Waals surface area contributed by atoms with Gasteiger partial charge in [-0.2, -0.15) is 0 Å². The van der Waals surface area contributed by atoms with Gasteiger partial charge in [-0.05, 0) is 49.6 Å². The molecule has 0 unspecified atom stereocenters. The minimum absolute atomic E-state index is 0.786. The average molecular weight is 312 g/mol. The summed E-state index contributed by atoms with van der Waals surface area (Å²) in [7, 11) is 0. The molecule has 0 atom stereocenters. The Morgan fingerprint density at radius 2 is 1.78 bits per heavy atom. The number of hydrogen-bond acceptors (Lipinski definition) is 3. The molecule has 3 nitrogen and oxygen atoms in total. The molecule has 0 aromatic heterocycles. The Hall–Kier alpha value is -2.16. The predicted molar refractivity (Wildman–Crippen MR) is 99.7 cm³/mol. The van der Waals surface area contributed by atoms with E-state index in [9.17, 15) is 0 Å². The highest BCUT2D eigenvalue weighted by atomic mass is 16.5. The second-order valence-corrected chi connectivity index (χ2v) is 5.90. The monoisotopic (exact) mass is 312 g/mol. The van der Waals surface area contributed by atoms with Gasteiger partial charge in [-0.3, -0.25) is 0 Å². The summed E-state index contributed by atoms with van der Waals surface area (Å²) in [5.41, 5.74) is 4.87. The summed E-state index contributed by atoms with van der Waals surface area (Å²) in [6.07, 6.45) is 2.25. The van der Waals surface area contributed by atoms with E-state index < -0.39 is 0 Å². The maximum atomic E-state index is 5.74. The number of ether oxygens (including phenoxy) is 1. The lowest BCUT2D eigenvalue weighted by Gasteiger charge is -2.12. The maximum absolute atomic E-state index is 5.74. The van der Waals surface area contributed by atoms with Crippen molar-refractivity contribution in [2.45, 2.75) is 33.6 Å². The number of rotatable bonds is 9. The van der Waals surface area contributed by atoms with Crippen LogP contribution >= 0.6 is 0 Å². The number of nitrogens with one attached hydrogen (secondary N) is 2. The fourth-order valence-corrected chi connectivity index (χ4v) is 2.36. The van der Waals surface area contributed by atoms with Crippen molar-refractivity contribution < 1.29 is 4.74 Å². The predicted octanol–water partition coefficient (Wildman–Crippen LogP) is 5.01. The lowest BCUT2D eigenvalue weighted by Crippen LogP contribution is -2.14. The summed E-state index contributed by atoms with van der Waals surface area (Å²) in [6.45, 7) is 8.95. The minimum atomic E-state index is 0.786. The molecule has 0 saturated heterocycles. The lowest BCUT2D eigenvalue weighted by molar-refractivity contribution is 0.309. The van der Waals surface area contributed by atoms with Crippen LogP contribution in [0.25, 0.3) is 0 Å². The fraction of sp³-hybridized carbons (Fsp3) is 0.400. The molecule has 0 saturated carbocycles. The van der Waals surface area contributed by atoms with E-state index in [0.29, 0.717) is 0 Å². The van der Waals surface area contributed by atoms with Crippen molar-refractivity contribution in [2.24, 2.45) is 0 Å². The van der Waals surface area contributed by atoms with Gasteiger partial charge in [0.05, 0.1) is 6.61 Å². The SMILES string of the molecule is CCCCOc1cccc(NCCNc2cc(C)ccc2C)c1. The van der Waals surface area contributed by atoms with E-state index in [1.165, 1.54) is 16.8 Å². The smallest absolute Gasteiger partial charge is 0.121 e. The molecule has 0 aliphatic heterocycles. The lowest BCUT2D eigenvalue weighted by atomic mass is 10.1. The molecule has 0 heterocycles. The Labute approximate surface area is 140 Å². The summed E-state index contributed by atoms with van der Waals surface area (Å²) in [5.74, 6) is 0.936. The third-order valence-electron chi connectivity index (χ3n) is 3.76. The van der Waals surface area contributed by atoms with Gasteiger partial charge in [-0.15, -0.1) is 0 Å². The Morgan fingerprint density at radius 1 is 0.957 bits per heavy atom. The molecule has 2 aromatic carbocycles. The number of aryl methyl sites for hydroxylation is 2. The highest BCUT2D eigenvalue weighted by Crippen LogP contribution is 2.18. The van der Waals surface area contributed by atoms with Gasteiger partial charge in [-0.25, -0.2) is 0 Å². The van der Waals surface area contributed by atoms with Crippen molar-refractivity contribution in [3.8, 4) is 5.75 Å². The highest BCUT2D eigenvalue weighted by molar-refractivity contribution is 5.53. The quantitative estimate of drug-likeness (QED) is 0.639. The molecule has 124 valence electrons. The van der Waals surface area contributed by atoms with E-state index in [0.717, 1.165) is 44.0 Å². The second-order valence-electron chi connectivity index (χ2n) is 5.90. The van der Waals surface area contributed by atoms with Gasteiger partial charge < -0.3 is 15.4 Å². The highest BCUT2D eigenvalue weighted by Gasteiger charge is 1.99. The maximum Gasteiger partial charge on any atom is 0.121 e. The first-order valence-electron chi connectivity index (χ1n) is 8.47. The molecular weight excluding hydrogens is 284 g/mol. The number of anilines is 2. The van der Waals surface area contributed by atoms with Crippen molar-refractivity contribution >= 4 is 11.4 Å². The van der Waals surface area contributed by atoms with Crippen LogP contribution in [0.1, 0.15) is 30.9 Å². The standard InChI is InChI=1S/C20H28N2O/c1-4-5-13-23-19-8-6-7-18(15-19)21-11-12-22-20-14-16(2)9-10-17(20)3/h6-10,14-15,21-22H,4-5,11-13H2,1-3H3. The van der Waals surface area contributed by atoms with Crippen molar-refractivity contribution in [3.05, 3.63) is 53.6 Å². The summed E-state index contributed by atoms with van der Waals surface area (Å²) >= 11 is 0. The van der Waals surface area contributed by atoms with Crippen LogP contribution in [0.2, 0.25) is 0 Å². The molecule has 2 N–H and O–H groups in total. The largest absolute Gasteiger partial charge is 0.494 e. The first-order valence-corrected chi connectivity index (χ1v) is 8.47. The van der Waals surface area contributed by atoms with Crippen LogP contribution < -0.4 is 15.4 Å². The van der Waals surface area contributed by atoms with E-state index in [1.54, 1.807) is 0 Å². The summed E-state index contributed by atoms with van der Waals surface area (Å²) < 4.78 is 5.74. The van der Waals surface area contributed by atoms with Gasteiger partial charge in [0.25, 0.3) is 0 Å². The molecule has 0 bridgehead atoms. The molecule has 0 amide bonds. The molecule has 0 spiro atoms. The van der Waals surface area contributed by atoms with Crippen molar-refractivity contribution in [3.63, 3.8) is 0 Å². The van der Waals surface area contributed by atoms with Crippen LogP contribution in [-0.2, 0) is 0 Å². The van der Waals surface area contributed by atoms with Gasteiger partial charge in [0.2, 0.25) is 0 Å². The topological polar surface area (TPSA) is 33.3 Å². The third kappa shape index (κ3) is 5.85. The van der Waals surface area contributed by atoms with E-state index in [-0.39, 0.29) is 0 Å². The first-order chi connectivity index (χ1) is 11.2. The molecule has 0 radical (unpaired) electrons. The van der Waals surface area contributed by atoms with Gasteiger partial charge >= 0.3 is 0 Å². The van der Waals surface area contributed by atoms with E-state index >= 15 is 0 Å². The number of hydrogen-bond donors (Lipinski definition) is 2. The van der Waals surface area contributed by atoms with E-state index in [1.807, 2.05) is 12.1 Å².